The molecule has 1 atom stereocenters. The molecule has 0 aliphatic heterocycles. The lowest BCUT2D eigenvalue weighted by atomic mass is 10.0. The molecular weight excluding hydrogens is 596 g/mol. The van der Waals surface area contributed by atoms with E-state index in [0.29, 0.717) is 18.1 Å². The van der Waals surface area contributed by atoms with Gasteiger partial charge in [-0.15, -0.1) is 0 Å². The monoisotopic (exact) mass is 628 g/mol. The lowest BCUT2D eigenvalue weighted by molar-refractivity contribution is -0.143. The molecule has 0 aromatic heterocycles. The van der Waals surface area contributed by atoms with Crippen molar-refractivity contribution in [2.24, 2.45) is 0 Å². The summed E-state index contributed by atoms with van der Waals surface area (Å²) in [6.07, 6.45) is 0.397. The first-order valence-electron chi connectivity index (χ1n) is 12.4. The van der Waals surface area contributed by atoms with Crippen LogP contribution < -0.4 is 10.1 Å². The molecule has 196 valence electrons. The van der Waals surface area contributed by atoms with Crippen molar-refractivity contribution in [2.75, 3.05) is 6.61 Å². The maximum Gasteiger partial charge on any atom is 0.261 e. The fourth-order valence-electron chi connectivity index (χ4n) is 3.94. The van der Waals surface area contributed by atoms with Gasteiger partial charge in [-0.05, 0) is 76.7 Å². The zero-order chi connectivity index (χ0) is 26.9. The maximum atomic E-state index is 13.7. The summed E-state index contributed by atoms with van der Waals surface area (Å²) in [5.41, 5.74) is 3.08. The molecule has 0 spiro atoms. The Hall–Kier alpha value is -2.64. The fraction of sp³-hybridized carbons (Fsp3) is 0.333. The Kier molecular flexibility index (Phi) is 10.8. The first-order valence-corrected chi connectivity index (χ1v) is 14.0. The predicted molar refractivity (Wildman–Crippen MR) is 156 cm³/mol. The van der Waals surface area contributed by atoms with E-state index in [0.717, 1.165) is 20.1 Å². The van der Waals surface area contributed by atoms with Gasteiger partial charge in [0, 0.05) is 23.5 Å². The van der Waals surface area contributed by atoms with E-state index < -0.39 is 6.04 Å². The molecule has 5 nitrogen and oxygen atoms in total. The van der Waals surface area contributed by atoms with Gasteiger partial charge in [0.2, 0.25) is 5.91 Å². The van der Waals surface area contributed by atoms with Crippen molar-refractivity contribution in [1.29, 1.82) is 0 Å². The minimum atomic E-state index is -0.698. The number of benzene rings is 3. The highest BCUT2D eigenvalue weighted by Gasteiger charge is 2.31. The van der Waals surface area contributed by atoms with Gasteiger partial charge >= 0.3 is 0 Å². The van der Waals surface area contributed by atoms with Crippen LogP contribution in [0.1, 0.15) is 50.3 Å². The lowest BCUT2D eigenvalue weighted by Gasteiger charge is -2.32. The Morgan fingerprint density at radius 3 is 2.16 bits per heavy atom. The van der Waals surface area contributed by atoms with Crippen LogP contribution in [0, 0.1) is 0 Å². The molecule has 0 aliphatic carbocycles. The van der Waals surface area contributed by atoms with Gasteiger partial charge in [-0.1, -0.05) is 78.3 Å². The number of ether oxygens (including phenoxy) is 1. The minimum Gasteiger partial charge on any atom is -0.483 e. The third kappa shape index (κ3) is 8.71. The zero-order valence-electron chi connectivity index (χ0n) is 21.7. The number of carbonyl (C=O) groups excluding carboxylic acids is 2. The van der Waals surface area contributed by atoms with E-state index >= 15 is 0 Å². The largest absolute Gasteiger partial charge is 0.483 e. The van der Waals surface area contributed by atoms with Gasteiger partial charge in [-0.25, -0.2) is 0 Å². The van der Waals surface area contributed by atoms with Gasteiger partial charge in [0.05, 0.1) is 4.47 Å². The van der Waals surface area contributed by atoms with Crippen LogP contribution in [-0.2, 0) is 22.6 Å². The number of hydrogen-bond donors (Lipinski definition) is 1. The van der Waals surface area contributed by atoms with Crippen molar-refractivity contribution in [2.45, 2.75) is 58.7 Å². The van der Waals surface area contributed by atoms with E-state index in [2.05, 4.69) is 51.0 Å². The Morgan fingerprint density at radius 2 is 1.57 bits per heavy atom. The number of rotatable bonds is 11. The molecule has 1 N–H and O–H groups in total. The molecule has 2 amide bonds. The molecule has 7 heteroatoms. The third-order valence-electron chi connectivity index (χ3n) is 5.94. The second kappa shape index (κ2) is 13.8. The zero-order valence-corrected chi connectivity index (χ0v) is 24.9. The van der Waals surface area contributed by atoms with Crippen molar-refractivity contribution in [3.8, 4) is 5.75 Å². The molecule has 0 saturated carbocycles. The minimum absolute atomic E-state index is 0.0536. The number of halogens is 2. The standard InChI is InChI=1S/C30H34Br2N2O3/c1-20(2)24-12-15-28(26(32)17-24)37-19-29(35)34(18-23-10-13-25(31)14-11-23)27(30(36)33-21(3)4)16-22-8-6-5-7-9-22/h5-15,17,20-21,27H,16,18-19H2,1-4H3,(H,33,36)/t27-/m0/s1. The van der Waals surface area contributed by atoms with E-state index in [1.807, 2.05) is 86.6 Å². The number of amides is 2. The molecule has 37 heavy (non-hydrogen) atoms. The summed E-state index contributed by atoms with van der Waals surface area (Å²) >= 11 is 7.03. The van der Waals surface area contributed by atoms with Crippen molar-refractivity contribution in [3.63, 3.8) is 0 Å². The molecule has 0 aliphatic rings. The predicted octanol–water partition coefficient (Wildman–Crippen LogP) is 6.88. The van der Waals surface area contributed by atoms with Crippen LogP contribution in [0.5, 0.6) is 5.75 Å². The van der Waals surface area contributed by atoms with E-state index in [1.54, 1.807) is 4.90 Å². The summed E-state index contributed by atoms with van der Waals surface area (Å²) in [7, 11) is 0. The van der Waals surface area contributed by atoms with Gasteiger partial charge in [0.15, 0.2) is 6.61 Å². The van der Waals surface area contributed by atoms with Gasteiger partial charge < -0.3 is 15.0 Å². The molecule has 3 aromatic rings. The van der Waals surface area contributed by atoms with E-state index in [1.165, 1.54) is 5.56 Å². The Bertz CT molecular complexity index is 1180. The molecule has 0 saturated heterocycles. The quantitative estimate of drug-likeness (QED) is 0.252. The summed E-state index contributed by atoms with van der Waals surface area (Å²) in [5.74, 6) is 0.522. The van der Waals surface area contributed by atoms with Crippen molar-refractivity contribution in [1.82, 2.24) is 10.2 Å². The van der Waals surface area contributed by atoms with E-state index in [4.69, 9.17) is 4.74 Å². The molecule has 0 bridgehead atoms. The van der Waals surface area contributed by atoms with E-state index in [9.17, 15) is 9.59 Å². The first-order chi connectivity index (χ1) is 17.6. The average molecular weight is 630 g/mol. The second-order valence-electron chi connectivity index (χ2n) is 9.65. The van der Waals surface area contributed by atoms with Crippen LogP contribution in [0.4, 0.5) is 0 Å². The number of carbonyl (C=O) groups is 2. The van der Waals surface area contributed by atoms with Crippen LogP contribution in [0.25, 0.3) is 0 Å². The number of nitrogens with zero attached hydrogens (tertiary/aromatic N) is 1. The summed E-state index contributed by atoms with van der Waals surface area (Å²) in [6.45, 7) is 8.18. The third-order valence-corrected chi connectivity index (χ3v) is 7.09. The van der Waals surface area contributed by atoms with Crippen molar-refractivity contribution >= 4 is 43.7 Å². The van der Waals surface area contributed by atoms with Crippen LogP contribution in [0.2, 0.25) is 0 Å². The Morgan fingerprint density at radius 1 is 0.892 bits per heavy atom. The molecule has 0 unspecified atom stereocenters. The normalized spacial score (nSPS) is 11.9. The topological polar surface area (TPSA) is 58.6 Å². The van der Waals surface area contributed by atoms with Crippen LogP contribution in [0.15, 0.2) is 81.7 Å². The average Bonchev–Trinajstić information content (AvgIpc) is 2.86. The van der Waals surface area contributed by atoms with Crippen LogP contribution >= 0.6 is 31.9 Å². The van der Waals surface area contributed by atoms with Crippen LogP contribution in [-0.4, -0.2) is 35.4 Å². The van der Waals surface area contributed by atoms with Crippen molar-refractivity contribution < 1.29 is 14.3 Å². The highest BCUT2D eigenvalue weighted by Crippen LogP contribution is 2.29. The lowest BCUT2D eigenvalue weighted by Crippen LogP contribution is -2.52. The molecular formula is C30H34Br2N2O3. The first kappa shape index (κ1) is 28.9. The molecule has 0 heterocycles. The van der Waals surface area contributed by atoms with E-state index in [-0.39, 0.29) is 31.0 Å². The van der Waals surface area contributed by atoms with Gasteiger partial charge in [0.25, 0.3) is 5.91 Å². The summed E-state index contributed by atoms with van der Waals surface area (Å²) in [6, 6.07) is 22.7. The molecule has 3 rings (SSSR count). The number of nitrogens with one attached hydrogen (secondary N) is 1. The highest BCUT2D eigenvalue weighted by atomic mass is 79.9. The van der Waals surface area contributed by atoms with Gasteiger partial charge in [-0.3, -0.25) is 9.59 Å². The smallest absolute Gasteiger partial charge is 0.261 e. The Balaban J connectivity index is 1.90. The van der Waals surface area contributed by atoms with Gasteiger partial charge in [0.1, 0.15) is 11.8 Å². The summed E-state index contributed by atoms with van der Waals surface area (Å²) < 4.78 is 7.70. The molecule has 0 radical (unpaired) electrons. The molecule has 3 aromatic carbocycles. The summed E-state index contributed by atoms with van der Waals surface area (Å²) in [5, 5.41) is 3.00. The van der Waals surface area contributed by atoms with Crippen molar-refractivity contribution in [3.05, 3.63) is 98.4 Å². The van der Waals surface area contributed by atoms with Gasteiger partial charge in [-0.2, -0.15) is 0 Å². The molecule has 0 fully saturated rings. The maximum absolute atomic E-state index is 13.7. The SMILES string of the molecule is CC(C)NC(=O)[C@H](Cc1ccccc1)N(Cc1ccc(Br)cc1)C(=O)COc1ccc(C(C)C)cc1Br. The fourth-order valence-corrected chi connectivity index (χ4v) is 4.71. The Labute approximate surface area is 236 Å². The highest BCUT2D eigenvalue weighted by molar-refractivity contribution is 9.10. The summed E-state index contributed by atoms with van der Waals surface area (Å²) in [4.78, 5) is 28.7. The van der Waals surface area contributed by atoms with Crippen LogP contribution in [0.3, 0.4) is 0 Å². The number of hydrogen-bond acceptors (Lipinski definition) is 3. The second-order valence-corrected chi connectivity index (χ2v) is 11.4.